The third-order valence-electron chi connectivity index (χ3n) is 8.80. The Hall–Kier alpha value is -4.25. The average molecular weight is 765 g/mol. The van der Waals surface area contributed by atoms with Crippen molar-refractivity contribution >= 4 is 17.9 Å². The van der Waals surface area contributed by atoms with Crippen LogP contribution in [0.15, 0.2) is 72.8 Å². The van der Waals surface area contributed by atoms with Gasteiger partial charge in [-0.2, -0.15) is 0 Å². The van der Waals surface area contributed by atoms with E-state index in [4.69, 9.17) is 42.6 Å². The molecule has 0 unspecified atom stereocenters. The Morgan fingerprint density at radius 3 is 1.24 bits per heavy atom. The smallest absolute Gasteiger partial charge is 0.407 e. The minimum absolute atomic E-state index is 0.0302. The summed E-state index contributed by atoms with van der Waals surface area (Å²) in [6, 6.07) is 23.3. The number of rotatable bonds is 29. The van der Waals surface area contributed by atoms with Crippen LogP contribution in [0.1, 0.15) is 37.8 Å². The summed E-state index contributed by atoms with van der Waals surface area (Å²) in [5.41, 5.74) is 5.63. The van der Waals surface area contributed by atoms with Crippen LogP contribution >= 0.6 is 0 Å². The minimum atomic E-state index is -0.460. The van der Waals surface area contributed by atoms with Crippen LogP contribution in [0.5, 0.6) is 0 Å². The fourth-order valence-electron chi connectivity index (χ4n) is 6.11. The van der Waals surface area contributed by atoms with Gasteiger partial charge in [0.1, 0.15) is 6.61 Å². The molecule has 1 aliphatic carbocycles. The summed E-state index contributed by atoms with van der Waals surface area (Å²) in [6.07, 6.45) is -0.460. The molecule has 14 nitrogen and oxygen atoms in total. The van der Waals surface area contributed by atoms with Crippen LogP contribution in [0, 0.1) is 0 Å². The molecule has 0 spiro atoms. The van der Waals surface area contributed by atoms with E-state index >= 15 is 0 Å². The molecule has 0 aromatic heterocycles. The number of fused-ring (bicyclic) bond motifs is 4. The van der Waals surface area contributed by atoms with Gasteiger partial charge >= 0.3 is 6.09 Å². The monoisotopic (exact) mass is 764 g/mol. The number of hydrogen-bond donors (Lipinski definition) is 1. The fraction of sp³-hybridized carbons (Fsp3) is 0.488. The highest BCUT2D eigenvalue weighted by Gasteiger charge is 2.34. The van der Waals surface area contributed by atoms with Crippen molar-refractivity contribution in [2.75, 3.05) is 125 Å². The molecule has 3 aromatic rings. The SMILES string of the molecule is O=C(NCCOCCOCCOCCOCCOCCOCCOCCOCCN1C(=O)c2ccccc2C1=O)OCC1c2ccccc2-c2ccccc21. The first-order valence-corrected chi connectivity index (χ1v) is 18.8. The first-order chi connectivity index (χ1) is 27.1. The predicted molar refractivity (Wildman–Crippen MR) is 201 cm³/mol. The predicted octanol–water partition coefficient (Wildman–Crippen LogP) is 3.95. The van der Waals surface area contributed by atoms with Gasteiger partial charge in [0.05, 0.1) is 123 Å². The Morgan fingerprint density at radius 1 is 0.473 bits per heavy atom. The summed E-state index contributed by atoms with van der Waals surface area (Å²) in [6.45, 7) is 7.56. The van der Waals surface area contributed by atoms with Crippen molar-refractivity contribution in [3.63, 3.8) is 0 Å². The molecular formula is C41H52N2O12. The van der Waals surface area contributed by atoms with E-state index < -0.39 is 6.09 Å². The van der Waals surface area contributed by atoms with Crippen molar-refractivity contribution in [3.05, 3.63) is 95.1 Å². The van der Waals surface area contributed by atoms with E-state index in [2.05, 4.69) is 29.6 Å². The van der Waals surface area contributed by atoms with Gasteiger partial charge in [0.25, 0.3) is 11.8 Å². The molecule has 0 saturated heterocycles. The Balaban J connectivity index is 0.706. The van der Waals surface area contributed by atoms with Crippen LogP contribution < -0.4 is 5.32 Å². The van der Waals surface area contributed by atoms with Crippen molar-refractivity contribution in [3.8, 4) is 11.1 Å². The number of carbonyl (C=O) groups excluding carboxylic acids is 3. The summed E-state index contributed by atoms with van der Waals surface area (Å²) in [7, 11) is 0. The molecular weight excluding hydrogens is 712 g/mol. The molecule has 0 fully saturated rings. The Labute approximate surface area is 322 Å². The number of hydrogen-bond acceptors (Lipinski definition) is 12. The standard InChI is InChI=1S/C41H52N2O12/c44-39-36-11-5-6-12-37(36)40(45)43(39)14-16-48-18-20-50-22-24-52-26-28-54-30-29-53-27-25-51-23-21-49-19-17-47-15-13-42-41(46)55-31-38-34-9-3-1-7-32(34)33-8-2-4-10-35(33)38/h1-12,38H,13-31H2,(H,42,46). The van der Waals surface area contributed by atoms with Gasteiger partial charge in [-0.05, 0) is 34.4 Å². The first kappa shape index (κ1) is 41.9. The molecule has 55 heavy (non-hydrogen) atoms. The molecule has 1 heterocycles. The van der Waals surface area contributed by atoms with E-state index in [9.17, 15) is 14.4 Å². The maximum Gasteiger partial charge on any atom is 0.407 e. The molecule has 2 aliphatic rings. The fourth-order valence-corrected chi connectivity index (χ4v) is 6.11. The van der Waals surface area contributed by atoms with E-state index in [0.717, 1.165) is 0 Å². The van der Waals surface area contributed by atoms with Gasteiger partial charge in [-0.1, -0.05) is 60.7 Å². The molecule has 0 saturated carbocycles. The van der Waals surface area contributed by atoms with E-state index in [1.165, 1.54) is 27.2 Å². The van der Waals surface area contributed by atoms with Crippen LogP contribution in [-0.4, -0.2) is 148 Å². The zero-order chi connectivity index (χ0) is 38.3. The highest BCUT2D eigenvalue weighted by molar-refractivity contribution is 6.21. The Morgan fingerprint density at radius 2 is 0.818 bits per heavy atom. The number of carbonyl (C=O) groups is 3. The molecule has 3 aromatic carbocycles. The number of alkyl carbamates (subject to hydrolysis) is 1. The number of ether oxygens (including phenoxy) is 9. The molecule has 3 amide bonds. The van der Waals surface area contributed by atoms with E-state index in [0.29, 0.717) is 117 Å². The minimum Gasteiger partial charge on any atom is -0.449 e. The lowest BCUT2D eigenvalue weighted by Crippen LogP contribution is -2.33. The van der Waals surface area contributed by atoms with Crippen molar-refractivity contribution < 1.29 is 57.0 Å². The quantitative estimate of drug-likeness (QED) is 0.0806. The zero-order valence-electron chi connectivity index (χ0n) is 31.3. The highest BCUT2D eigenvalue weighted by Crippen LogP contribution is 2.44. The van der Waals surface area contributed by atoms with Crippen LogP contribution in [-0.2, 0) is 42.6 Å². The largest absolute Gasteiger partial charge is 0.449 e. The van der Waals surface area contributed by atoms with Gasteiger partial charge in [0.2, 0.25) is 0 Å². The third kappa shape index (κ3) is 13.5. The van der Waals surface area contributed by atoms with Gasteiger partial charge in [-0.3, -0.25) is 14.5 Å². The number of amides is 3. The van der Waals surface area contributed by atoms with Gasteiger partial charge in [-0.25, -0.2) is 4.79 Å². The average Bonchev–Trinajstić information content (AvgIpc) is 3.66. The van der Waals surface area contributed by atoms with Crippen molar-refractivity contribution in [2.45, 2.75) is 5.92 Å². The van der Waals surface area contributed by atoms with Crippen molar-refractivity contribution in [2.24, 2.45) is 0 Å². The second-order valence-corrected chi connectivity index (χ2v) is 12.5. The van der Waals surface area contributed by atoms with Crippen LogP contribution in [0.25, 0.3) is 11.1 Å². The van der Waals surface area contributed by atoms with E-state index in [1.807, 2.05) is 24.3 Å². The van der Waals surface area contributed by atoms with Gasteiger partial charge in [-0.15, -0.1) is 0 Å². The third-order valence-corrected chi connectivity index (χ3v) is 8.80. The van der Waals surface area contributed by atoms with Gasteiger partial charge in [0.15, 0.2) is 0 Å². The number of benzene rings is 3. The topological polar surface area (TPSA) is 150 Å². The zero-order valence-corrected chi connectivity index (χ0v) is 31.3. The van der Waals surface area contributed by atoms with Crippen molar-refractivity contribution in [1.82, 2.24) is 10.2 Å². The van der Waals surface area contributed by atoms with Crippen LogP contribution in [0.2, 0.25) is 0 Å². The first-order valence-electron chi connectivity index (χ1n) is 18.8. The Bertz CT molecular complexity index is 1540. The van der Waals surface area contributed by atoms with Crippen LogP contribution in [0.4, 0.5) is 4.79 Å². The van der Waals surface area contributed by atoms with Crippen molar-refractivity contribution in [1.29, 1.82) is 0 Å². The molecule has 0 atom stereocenters. The summed E-state index contributed by atoms with van der Waals surface area (Å²) in [4.78, 5) is 38.1. The molecule has 1 aliphatic heterocycles. The lowest BCUT2D eigenvalue weighted by Gasteiger charge is -2.14. The van der Waals surface area contributed by atoms with Gasteiger partial charge < -0.3 is 47.9 Å². The molecule has 5 rings (SSSR count). The summed E-state index contributed by atoms with van der Waals surface area (Å²) in [5, 5.41) is 2.74. The normalized spacial score (nSPS) is 13.3. The van der Waals surface area contributed by atoms with E-state index in [-0.39, 0.29) is 37.5 Å². The van der Waals surface area contributed by atoms with Gasteiger partial charge in [0, 0.05) is 12.5 Å². The number of nitrogens with zero attached hydrogens (tertiary/aromatic N) is 1. The maximum absolute atomic E-state index is 12.3. The molecule has 0 radical (unpaired) electrons. The molecule has 0 bridgehead atoms. The number of nitrogens with one attached hydrogen (secondary N) is 1. The van der Waals surface area contributed by atoms with Crippen LogP contribution in [0.3, 0.4) is 0 Å². The lowest BCUT2D eigenvalue weighted by molar-refractivity contribution is -0.0232. The second-order valence-electron chi connectivity index (χ2n) is 12.5. The lowest BCUT2D eigenvalue weighted by atomic mass is 9.98. The summed E-state index contributed by atoms with van der Waals surface area (Å²) >= 11 is 0. The molecule has 298 valence electrons. The molecule has 1 N–H and O–H groups in total. The molecule has 14 heteroatoms. The summed E-state index contributed by atoms with van der Waals surface area (Å²) in [5.74, 6) is -0.534. The number of imide groups is 1. The second kappa shape index (κ2) is 24.3. The highest BCUT2D eigenvalue weighted by atomic mass is 16.6. The van der Waals surface area contributed by atoms with E-state index in [1.54, 1.807) is 24.3 Å². The maximum atomic E-state index is 12.3. The summed E-state index contributed by atoms with van der Waals surface area (Å²) < 4.78 is 49.5. The Kier molecular flexibility index (Phi) is 18.5.